The Balaban J connectivity index is 1.96. The highest BCUT2D eigenvalue weighted by atomic mass is 19.2. The molecule has 28 heavy (non-hydrogen) atoms. The number of hydrogen-bond acceptors (Lipinski definition) is 7. The van der Waals surface area contributed by atoms with Crippen molar-refractivity contribution in [2.24, 2.45) is 0 Å². The second kappa shape index (κ2) is 8.72. The molecule has 148 valence electrons. The summed E-state index contributed by atoms with van der Waals surface area (Å²) in [5.74, 6) is -3.20. The Morgan fingerprint density at radius 2 is 1.79 bits per heavy atom. The Hall–Kier alpha value is -3.11. The van der Waals surface area contributed by atoms with E-state index in [4.69, 9.17) is 14.6 Å². The van der Waals surface area contributed by atoms with Gasteiger partial charge >= 0.3 is 6.01 Å². The van der Waals surface area contributed by atoms with Gasteiger partial charge in [0.25, 0.3) is 5.89 Å². The number of nitrogens with one attached hydrogen (secondary N) is 2. The molecule has 0 amide bonds. The quantitative estimate of drug-likeness (QED) is 0.466. The van der Waals surface area contributed by atoms with Crippen molar-refractivity contribution in [3.05, 3.63) is 53.3 Å². The summed E-state index contributed by atoms with van der Waals surface area (Å²) in [4.78, 5) is 0. The molecule has 2 aromatic carbocycles. The lowest BCUT2D eigenvalue weighted by Gasteiger charge is -2.13. The molecule has 7 nitrogen and oxygen atoms in total. The van der Waals surface area contributed by atoms with Crippen LogP contribution in [0.4, 0.5) is 30.6 Å². The second-order valence-corrected chi connectivity index (χ2v) is 5.76. The van der Waals surface area contributed by atoms with Crippen LogP contribution in [0.1, 0.15) is 5.56 Å². The summed E-state index contributed by atoms with van der Waals surface area (Å²) in [6.45, 7) is -0.143. The Morgan fingerprint density at radius 3 is 2.50 bits per heavy atom. The summed E-state index contributed by atoms with van der Waals surface area (Å²) in [7, 11) is 0. The van der Waals surface area contributed by atoms with Gasteiger partial charge in [0.05, 0.1) is 23.5 Å². The lowest BCUT2D eigenvalue weighted by molar-refractivity contribution is 0.299. The Kier molecular flexibility index (Phi) is 6.12. The van der Waals surface area contributed by atoms with E-state index >= 15 is 0 Å². The minimum atomic E-state index is -1.24. The van der Waals surface area contributed by atoms with Crippen LogP contribution in [-0.4, -0.2) is 40.2 Å². The van der Waals surface area contributed by atoms with Crippen LogP contribution in [0.25, 0.3) is 11.5 Å². The maximum absolute atomic E-state index is 14.4. The molecule has 1 aromatic heterocycles. The molecule has 0 saturated carbocycles. The largest absolute Gasteiger partial charge is 0.403 e. The van der Waals surface area contributed by atoms with Crippen LogP contribution in [0.15, 0.2) is 34.7 Å². The molecule has 0 spiro atoms. The van der Waals surface area contributed by atoms with E-state index in [1.165, 1.54) is 18.2 Å². The fourth-order valence-electron chi connectivity index (χ4n) is 2.50. The number of rotatable bonds is 8. The van der Waals surface area contributed by atoms with Gasteiger partial charge in [-0.2, -0.15) is 0 Å². The van der Waals surface area contributed by atoms with Gasteiger partial charge in [-0.15, -0.1) is 5.10 Å². The number of aliphatic hydroxyl groups is 2. The van der Waals surface area contributed by atoms with E-state index in [9.17, 15) is 13.2 Å². The fourth-order valence-corrected chi connectivity index (χ4v) is 2.50. The second-order valence-electron chi connectivity index (χ2n) is 5.76. The van der Waals surface area contributed by atoms with Crippen molar-refractivity contribution < 1.29 is 27.8 Å². The van der Waals surface area contributed by atoms with Gasteiger partial charge < -0.3 is 25.3 Å². The summed E-state index contributed by atoms with van der Waals surface area (Å²) in [6, 6.07) is 6.21. The predicted molar refractivity (Wildman–Crippen MR) is 95.7 cm³/mol. The predicted octanol–water partition coefficient (Wildman–Crippen LogP) is 2.84. The lowest BCUT2D eigenvalue weighted by atomic mass is 10.1. The van der Waals surface area contributed by atoms with E-state index in [0.29, 0.717) is 5.56 Å². The molecular formula is C18H17F3N4O3. The van der Waals surface area contributed by atoms with Gasteiger partial charge in [-0.25, -0.2) is 13.2 Å². The number of nitrogens with zero attached hydrogens (tertiary/aromatic N) is 2. The maximum Gasteiger partial charge on any atom is 0.315 e. The van der Waals surface area contributed by atoms with Crippen LogP contribution in [-0.2, 0) is 6.42 Å². The van der Waals surface area contributed by atoms with E-state index in [0.717, 1.165) is 6.07 Å². The highest BCUT2D eigenvalue weighted by Crippen LogP contribution is 2.34. The SMILES string of the molecule is OCCNc1nnc(-c2ccc(F)c(F)c2Nc2ccc(CCO)cc2F)o1. The molecule has 0 atom stereocenters. The molecule has 3 aromatic rings. The summed E-state index contributed by atoms with van der Waals surface area (Å²) >= 11 is 0. The van der Waals surface area contributed by atoms with Crippen molar-refractivity contribution in [1.82, 2.24) is 10.2 Å². The summed E-state index contributed by atoms with van der Waals surface area (Å²) in [5.41, 5.74) is 0.126. The first kappa shape index (κ1) is 19.6. The first-order valence-electron chi connectivity index (χ1n) is 8.36. The fraction of sp³-hybridized carbons (Fsp3) is 0.222. The summed E-state index contributed by atoms with van der Waals surface area (Å²) < 4.78 is 47.9. The third-order valence-electron chi connectivity index (χ3n) is 3.83. The Morgan fingerprint density at radius 1 is 0.964 bits per heavy atom. The number of benzene rings is 2. The number of hydrogen-bond donors (Lipinski definition) is 4. The molecule has 4 N–H and O–H groups in total. The zero-order valence-electron chi connectivity index (χ0n) is 14.5. The number of aromatic nitrogens is 2. The minimum absolute atomic E-state index is 0.0146. The number of halogens is 3. The highest BCUT2D eigenvalue weighted by molar-refractivity contribution is 5.78. The van der Waals surface area contributed by atoms with Crippen molar-refractivity contribution in [2.75, 3.05) is 30.4 Å². The van der Waals surface area contributed by atoms with Crippen LogP contribution < -0.4 is 10.6 Å². The lowest BCUT2D eigenvalue weighted by Crippen LogP contribution is -2.05. The van der Waals surface area contributed by atoms with Crippen molar-refractivity contribution in [2.45, 2.75) is 6.42 Å². The van der Waals surface area contributed by atoms with Crippen molar-refractivity contribution in [3.8, 4) is 11.5 Å². The molecule has 10 heteroatoms. The molecular weight excluding hydrogens is 377 g/mol. The van der Waals surface area contributed by atoms with Gasteiger partial charge in [-0.3, -0.25) is 0 Å². The number of aliphatic hydroxyl groups excluding tert-OH is 2. The molecule has 0 unspecified atom stereocenters. The van der Waals surface area contributed by atoms with Gasteiger partial charge in [-0.05, 0) is 36.2 Å². The van der Waals surface area contributed by atoms with Gasteiger partial charge in [0.1, 0.15) is 5.82 Å². The Labute approximate surface area is 157 Å². The standard InChI is InChI=1S/C18H17F3N4O3/c19-12-3-2-11(17-24-25-18(28-17)22-6-8-27)16(15(12)21)23-14-4-1-10(5-7-26)9-13(14)20/h1-4,9,23,26-27H,5-8H2,(H,22,25). The highest BCUT2D eigenvalue weighted by Gasteiger charge is 2.20. The van der Waals surface area contributed by atoms with E-state index in [1.807, 2.05) is 0 Å². The monoisotopic (exact) mass is 394 g/mol. The molecule has 0 bridgehead atoms. The maximum atomic E-state index is 14.4. The van der Waals surface area contributed by atoms with Crippen LogP contribution >= 0.6 is 0 Å². The van der Waals surface area contributed by atoms with Gasteiger partial charge in [0, 0.05) is 13.2 Å². The van der Waals surface area contributed by atoms with E-state index in [2.05, 4.69) is 20.8 Å². The molecule has 0 aliphatic rings. The average molecular weight is 394 g/mol. The zero-order valence-corrected chi connectivity index (χ0v) is 14.5. The Bertz CT molecular complexity index is 965. The van der Waals surface area contributed by atoms with Crippen molar-refractivity contribution in [1.29, 1.82) is 0 Å². The third-order valence-corrected chi connectivity index (χ3v) is 3.83. The molecule has 0 radical (unpaired) electrons. The van der Waals surface area contributed by atoms with Crippen LogP contribution in [0, 0.1) is 17.5 Å². The first-order chi connectivity index (χ1) is 13.5. The van der Waals surface area contributed by atoms with E-state index < -0.39 is 17.5 Å². The molecule has 3 rings (SSSR count). The molecule has 1 heterocycles. The molecule has 0 aliphatic carbocycles. The van der Waals surface area contributed by atoms with Gasteiger partial charge in [0.15, 0.2) is 11.6 Å². The van der Waals surface area contributed by atoms with Crippen LogP contribution in [0.2, 0.25) is 0 Å². The third kappa shape index (κ3) is 4.24. The average Bonchev–Trinajstić information content (AvgIpc) is 3.14. The van der Waals surface area contributed by atoms with Crippen molar-refractivity contribution >= 4 is 17.4 Å². The van der Waals surface area contributed by atoms with Gasteiger partial charge in [0.2, 0.25) is 0 Å². The van der Waals surface area contributed by atoms with Crippen LogP contribution in [0.3, 0.4) is 0 Å². The number of anilines is 3. The van der Waals surface area contributed by atoms with Crippen LogP contribution in [0.5, 0.6) is 0 Å². The zero-order chi connectivity index (χ0) is 20.1. The topological polar surface area (TPSA) is 103 Å². The molecule has 0 fully saturated rings. The van der Waals surface area contributed by atoms with Gasteiger partial charge in [-0.1, -0.05) is 11.2 Å². The summed E-state index contributed by atoms with van der Waals surface area (Å²) in [6.07, 6.45) is 0.266. The smallest absolute Gasteiger partial charge is 0.315 e. The summed E-state index contributed by atoms with van der Waals surface area (Å²) in [5, 5.41) is 30.4. The molecule has 0 aliphatic heterocycles. The van der Waals surface area contributed by atoms with Crippen molar-refractivity contribution in [3.63, 3.8) is 0 Å². The van der Waals surface area contributed by atoms with E-state index in [-0.39, 0.29) is 55.0 Å². The van der Waals surface area contributed by atoms with E-state index in [1.54, 1.807) is 6.07 Å². The molecule has 0 saturated heterocycles. The minimum Gasteiger partial charge on any atom is -0.403 e. The first-order valence-corrected chi connectivity index (χ1v) is 8.36. The normalized spacial score (nSPS) is 10.9.